The van der Waals surface area contributed by atoms with Crippen molar-refractivity contribution in [1.82, 2.24) is 0 Å². The van der Waals surface area contributed by atoms with Crippen LogP contribution in [0.15, 0.2) is 12.1 Å². The normalized spacial score (nSPS) is 9.75. The van der Waals surface area contributed by atoms with Gasteiger partial charge in [-0.1, -0.05) is 6.92 Å². The minimum atomic E-state index is -0.192. The second-order valence-corrected chi connectivity index (χ2v) is 2.47. The molecule has 2 N–H and O–H groups in total. The molecule has 0 unspecified atom stereocenters. The first-order chi connectivity index (χ1) is 5.70. The molecule has 3 nitrogen and oxygen atoms in total. The largest absolute Gasteiger partial charge is 0.504 e. The lowest BCUT2D eigenvalue weighted by Gasteiger charge is -2.05. The number of aromatic hydroxyl groups is 2. The van der Waals surface area contributed by atoms with Crippen LogP contribution in [0.4, 0.5) is 0 Å². The molecule has 0 atom stereocenters. The highest BCUT2D eigenvalue weighted by Crippen LogP contribution is 2.30. The van der Waals surface area contributed by atoms with Gasteiger partial charge in [0.05, 0.1) is 0 Å². The lowest BCUT2D eigenvalue weighted by atomic mass is 10.0. The van der Waals surface area contributed by atoms with Crippen molar-refractivity contribution in [2.24, 2.45) is 0 Å². The Hall–Kier alpha value is -1.51. The van der Waals surface area contributed by atoms with Crippen LogP contribution in [0.1, 0.15) is 22.8 Å². The number of phenols is 2. The SMILES string of the molecule is CCc1c(C=O)ccc(O)c1O. The molecule has 0 saturated carbocycles. The van der Waals surface area contributed by atoms with Gasteiger partial charge in [0.2, 0.25) is 0 Å². The van der Waals surface area contributed by atoms with E-state index in [4.69, 9.17) is 5.11 Å². The highest BCUT2D eigenvalue weighted by Gasteiger charge is 2.08. The van der Waals surface area contributed by atoms with Crippen molar-refractivity contribution in [2.75, 3.05) is 0 Å². The van der Waals surface area contributed by atoms with Gasteiger partial charge < -0.3 is 10.2 Å². The van der Waals surface area contributed by atoms with Crippen LogP contribution in [0.25, 0.3) is 0 Å². The van der Waals surface area contributed by atoms with Crippen LogP contribution in [0, 0.1) is 0 Å². The Kier molecular flexibility index (Phi) is 2.33. The van der Waals surface area contributed by atoms with Crippen molar-refractivity contribution in [3.8, 4) is 11.5 Å². The van der Waals surface area contributed by atoms with Crippen LogP contribution in [-0.4, -0.2) is 16.5 Å². The molecule has 0 spiro atoms. The van der Waals surface area contributed by atoms with Gasteiger partial charge in [-0.25, -0.2) is 0 Å². The summed E-state index contributed by atoms with van der Waals surface area (Å²) in [6.07, 6.45) is 1.19. The quantitative estimate of drug-likeness (QED) is 0.516. The minimum Gasteiger partial charge on any atom is -0.504 e. The number of benzene rings is 1. The minimum absolute atomic E-state index is 0.183. The number of hydrogen-bond acceptors (Lipinski definition) is 3. The van der Waals surface area contributed by atoms with Gasteiger partial charge in [-0.2, -0.15) is 0 Å². The Labute approximate surface area is 70.3 Å². The van der Waals surface area contributed by atoms with Crippen LogP contribution in [-0.2, 0) is 6.42 Å². The van der Waals surface area contributed by atoms with Crippen molar-refractivity contribution >= 4 is 6.29 Å². The molecule has 1 aromatic carbocycles. The summed E-state index contributed by atoms with van der Waals surface area (Å²) < 4.78 is 0. The molecule has 0 aromatic heterocycles. The third kappa shape index (κ3) is 1.25. The van der Waals surface area contributed by atoms with E-state index in [1.54, 1.807) is 0 Å². The van der Waals surface area contributed by atoms with E-state index in [9.17, 15) is 9.90 Å². The van der Waals surface area contributed by atoms with Crippen molar-refractivity contribution in [3.05, 3.63) is 23.3 Å². The van der Waals surface area contributed by atoms with E-state index in [1.807, 2.05) is 6.92 Å². The molecule has 1 rings (SSSR count). The number of rotatable bonds is 2. The van der Waals surface area contributed by atoms with Gasteiger partial charge in [-0.3, -0.25) is 4.79 Å². The Morgan fingerprint density at radius 1 is 1.42 bits per heavy atom. The van der Waals surface area contributed by atoms with E-state index in [0.717, 1.165) is 0 Å². The summed E-state index contributed by atoms with van der Waals surface area (Å²) in [5.74, 6) is -0.375. The Bertz CT molecular complexity index is 305. The zero-order valence-corrected chi connectivity index (χ0v) is 6.74. The zero-order valence-electron chi connectivity index (χ0n) is 6.74. The fourth-order valence-corrected chi connectivity index (χ4v) is 1.12. The Morgan fingerprint density at radius 3 is 2.58 bits per heavy atom. The molecule has 0 aliphatic rings. The number of aldehydes is 1. The first-order valence-electron chi connectivity index (χ1n) is 3.69. The van der Waals surface area contributed by atoms with E-state index >= 15 is 0 Å². The van der Waals surface area contributed by atoms with Gasteiger partial charge >= 0.3 is 0 Å². The van der Waals surface area contributed by atoms with Crippen LogP contribution < -0.4 is 0 Å². The fraction of sp³-hybridized carbons (Fsp3) is 0.222. The van der Waals surface area contributed by atoms with Crippen LogP contribution in [0.2, 0.25) is 0 Å². The highest BCUT2D eigenvalue weighted by molar-refractivity contribution is 5.79. The maximum absolute atomic E-state index is 10.5. The second kappa shape index (κ2) is 3.26. The lowest BCUT2D eigenvalue weighted by Crippen LogP contribution is -1.90. The molecule has 1 aromatic rings. The summed E-state index contributed by atoms with van der Waals surface area (Å²) in [6.45, 7) is 1.81. The molecular formula is C9H10O3. The standard InChI is InChI=1S/C9H10O3/c1-2-7-6(5-10)3-4-8(11)9(7)12/h3-5,11-12H,2H2,1H3. The van der Waals surface area contributed by atoms with Gasteiger partial charge in [0.25, 0.3) is 0 Å². The summed E-state index contributed by atoms with van der Waals surface area (Å²) in [7, 11) is 0. The molecule has 0 aliphatic carbocycles. The van der Waals surface area contributed by atoms with E-state index in [0.29, 0.717) is 23.8 Å². The van der Waals surface area contributed by atoms with Crippen molar-refractivity contribution in [1.29, 1.82) is 0 Å². The summed E-state index contributed by atoms with van der Waals surface area (Å²) in [6, 6.07) is 2.79. The molecule has 0 heterocycles. The monoisotopic (exact) mass is 166 g/mol. The third-order valence-electron chi connectivity index (χ3n) is 1.78. The van der Waals surface area contributed by atoms with Crippen LogP contribution in [0.5, 0.6) is 11.5 Å². The maximum atomic E-state index is 10.5. The number of carbonyl (C=O) groups excluding carboxylic acids is 1. The molecule has 64 valence electrons. The fourth-order valence-electron chi connectivity index (χ4n) is 1.12. The Balaban J connectivity index is 3.35. The van der Waals surface area contributed by atoms with Gasteiger partial charge in [-0.15, -0.1) is 0 Å². The topological polar surface area (TPSA) is 57.5 Å². The summed E-state index contributed by atoms with van der Waals surface area (Å²) in [5.41, 5.74) is 0.915. The predicted octanol–water partition coefficient (Wildman–Crippen LogP) is 1.47. The van der Waals surface area contributed by atoms with Gasteiger partial charge in [0, 0.05) is 11.1 Å². The maximum Gasteiger partial charge on any atom is 0.161 e. The molecule has 0 bridgehead atoms. The summed E-state index contributed by atoms with van der Waals surface area (Å²) in [5, 5.41) is 18.4. The smallest absolute Gasteiger partial charge is 0.161 e. The number of carbonyl (C=O) groups is 1. The second-order valence-electron chi connectivity index (χ2n) is 2.47. The third-order valence-corrected chi connectivity index (χ3v) is 1.78. The van der Waals surface area contributed by atoms with E-state index in [2.05, 4.69) is 0 Å². The highest BCUT2D eigenvalue weighted by atomic mass is 16.3. The zero-order chi connectivity index (χ0) is 9.14. The average Bonchev–Trinajstić information content (AvgIpc) is 2.09. The molecular weight excluding hydrogens is 156 g/mol. The molecule has 0 amide bonds. The molecule has 0 fully saturated rings. The summed E-state index contributed by atoms with van der Waals surface area (Å²) in [4.78, 5) is 10.5. The first-order valence-corrected chi connectivity index (χ1v) is 3.69. The average molecular weight is 166 g/mol. The Morgan fingerprint density at radius 2 is 2.08 bits per heavy atom. The number of hydrogen-bond donors (Lipinski definition) is 2. The first kappa shape index (κ1) is 8.59. The van der Waals surface area contributed by atoms with E-state index in [1.165, 1.54) is 12.1 Å². The summed E-state index contributed by atoms with van der Waals surface area (Å²) >= 11 is 0. The van der Waals surface area contributed by atoms with Gasteiger partial charge in [0.15, 0.2) is 11.5 Å². The van der Waals surface area contributed by atoms with Crippen molar-refractivity contribution in [2.45, 2.75) is 13.3 Å². The van der Waals surface area contributed by atoms with Crippen molar-refractivity contribution < 1.29 is 15.0 Å². The van der Waals surface area contributed by atoms with Crippen molar-refractivity contribution in [3.63, 3.8) is 0 Å². The number of phenolic OH excluding ortho intramolecular Hbond substituents is 2. The van der Waals surface area contributed by atoms with Gasteiger partial charge in [-0.05, 0) is 18.6 Å². The predicted molar refractivity (Wildman–Crippen MR) is 44.5 cm³/mol. The van der Waals surface area contributed by atoms with Gasteiger partial charge in [0.1, 0.15) is 6.29 Å². The van der Waals surface area contributed by atoms with Crippen LogP contribution >= 0.6 is 0 Å². The van der Waals surface area contributed by atoms with E-state index in [-0.39, 0.29) is 11.5 Å². The lowest BCUT2D eigenvalue weighted by molar-refractivity contribution is 0.112. The van der Waals surface area contributed by atoms with Crippen LogP contribution in [0.3, 0.4) is 0 Å². The molecule has 0 saturated heterocycles. The molecule has 3 heteroatoms. The molecule has 0 aliphatic heterocycles. The molecule has 0 radical (unpaired) electrons. The van der Waals surface area contributed by atoms with E-state index < -0.39 is 0 Å². The molecule has 12 heavy (non-hydrogen) atoms.